The zero-order chi connectivity index (χ0) is 14.8. The standard InChI is InChI=1S/C16H22O4/c1-3-4-5-6-11-20-15-12-13(8-10-16(17)18)7-9-14(15)19-2/h7-10,12H,3-6,11H2,1-2H3,(H,17,18)/b10-8+. The maximum atomic E-state index is 10.5. The van der Waals surface area contributed by atoms with Gasteiger partial charge in [0.25, 0.3) is 0 Å². The lowest BCUT2D eigenvalue weighted by atomic mass is 10.2. The van der Waals surface area contributed by atoms with Crippen molar-refractivity contribution >= 4 is 12.0 Å². The predicted molar refractivity (Wildman–Crippen MR) is 79.3 cm³/mol. The van der Waals surface area contributed by atoms with Gasteiger partial charge < -0.3 is 14.6 Å². The Balaban J connectivity index is 2.66. The van der Waals surface area contributed by atoms with Gasteiger partial charge in [0, 0.05) is 6.08 Å². The molecule has 0 fully saturated rings. The van der Waals surface area contributed by atoms with Crippen LogP contribution in [0.15, 0.2) is 24.3 Å². The highest BCUT2D eigenvalue weighted by Gasteiger charge is 2.05. The van der Waals surface area contributed by atoms with E-state index in [1.807, 2.05) is 0 Å². The molecule has 0 heterocycles. The highest BCUT2D eigenvalue weighted by atomic mass is 16.5. The Morgan fingerprint density at radius 2 is 2.05 bits per heavy atom. The molecule has 0 aliphatic heterocycles. The molecule has 0 spiro atoms. The fourth-order valence-corrected chi connectivity index (χ4v) is 1.79. The van der Waals surface area contributed by atoms with Crippen molar-refractivity contribution in [1.82, 2.24) is 0 Å². The van der Waals surface area contributed by atoms with Crippen molar-refractivity contribution in [1.29, 1.82) is 0 Å². The fraction of sp³-hybridized carbons (Fsp3) is 0.438. The van der Waals surface area contributed by atoms with Crippen LogP contribution in [0.1, 0.15) is 38.2 Å². The maximum absolute atomic E-state index is 10.5. The second kappa shape index (κ2) is 9.02. The Morgan fingerprint density at radius 3 is 2.70 bits per heavy atom. The van der Waals surface area contributed by atoms with Crippen LogP contribution in [0, 0.1) is 0 Å². The maximum Gasteiger partial charge on any atom is 0.328 e. The van der Waals surface area contributed by atoms with Gasteiger partial charge in [-0.1, -0.05) is 32.3 Å². The molecule has 0 amide bonds. The van der Waals surface area contributed by atoms with Crippen molar-refractivity contribution in [3.63, 3.8) is 0 Å². The molecule has 20 heavy (non-hydrogen) atoms. The summed E-state index contributed by atoms with van der Waals surface area (Å²) in [7, 11) is 1.59. The number of unbranched alkanes of at least 4 members (excludes halogenated alkanes) is 3. The summed E-state index contributed by atoms with van der Waals surface area (Å²) in [6.45, 7) is 2.81. The van der Waals surface area contributed by atoms with Crippen LogP contribution in [0.2, 0.25) is 0 Å². The highest BCUT2D eigenvalue weighted by molar-refractivity contribution is 5.85. The van der Waals surface area contributed by atoms with E-state index in [4.69, 9.17) is 14.6 Å². The molecular formula is C16H22O4. The van der Waals surface area contributed by atoms with Crippen molar-refractivity contribution in [2.75, 3.05) is 13.7 Å². The van der Waals surface area contributed by atoms with E-state index in [0.717, 1.165) is 24.5 Å². The number of hydrogen-bond donors (Lipinski definition) is 1. The fourth-order valence-electron chi connectivity index (χ4n) is 1.79. The number of methoxy groups -OCH3 is 1. The number of carboxylic acids is 1. The topological polar surface area (TPSA) is 55.8 Å². The van der Waals surface area contributed by atoms with Crippen LogP contribution in [-0.2, 0) is 4.79 Å². The summed E-state index contributed by atoms with van der Waals surface area (Å²) in [6.07, 6.45) is 7.20. The molecular weight excluding hydrogens is 256 g/mol. The summed E-state index contributed by atoms with van der Waals surface area (Å²) in [6, 6.07) is 5.36. The summed E-state index contributed by atoms with van der Waals surface area (Å²) >= 11 is 0. The summed E-state index contributed by atoms with van der Waals surface area (Å²) < 4.78 is 11.0. The van der Waals surface area contributed by atoms with Gasteiger partial charge in [0.2, 0.25) is 0 Å². The normalized spacial score (nSPS) is 10.7. The SMILES string of the molecule is CCCCCCOc1cc(/C=C/C(=O)O)ccc1OC. The van der Waals surface area contributed by atoms with Gasteiger partial charge in [-0.15, -0.1) is 0 Å². The average Bonchev–Trinajstić information content (AvgIpc) is 2.45. The number of aliphatic carboxylic acids is 1. The van der Waals surface area contributed by atoms with Crippen LogP contribution < -0.4 is 9.47 Å². The van der Waals surface area contributed by atoms with E-state index in [0.29, 0.717) is 18.1 Å². The number of carboxylic acid groups (broad SMARTS) is 1. The van der Waals surface area contributed by atoms with E-state index in [1.54, 1.807) is 25.3 Å². The molecule has 0 bridgehead atoms. The predicted octanol–water partition coefficient (Wildman–Crippen LogP) is 3.75. The van der Waals surface area contributed by atoms with E-state index in [1.165, 1.54) is 18.9 Å². The Hall–Kier alpha value is -1.97. The van der Waals surface area contributed by atoms with Gasteiger partial charge in [0.05, 0.1) is 13.7 Å². The molecule has 110 valence electrons. The lowest BCUT2D eigenvalue weighted by Crippen LogP contribution is -1.99. The smallest absolute Gasteiger partial charge is 0.328 e. The molecule has 0 atom stereocenters. The van der Waals surface area contributed by atoms with Gasteiger partial charge in [-0.25, -0.2) is 4.79 Å². The Labute approximate surface area is 120 Å². The molecule has 4 heteroatoms. The van der Waals surface area contributed by atoms with E-state index in [9.17, 15) is 4.79 Å². The molecule has 0 radical (unpaired) electrons. The lowest BCUT2D eigenvalue weighted by molar-refractivity contribution is -0.131. The Morgan fingerprint density at radius 1 is 1.25 bits per heavy atom. The van der Waals surface area contributed by atoms with Crippen LogP contribution in [0.4, 0.5) is 0 Å². The van der Waals surface area contributed by atoms with E-state index < -0.39 is 5.97 Å². The van der Waals surface area contributed by atoms with Gasteiger partial charge in [0.1, 0.15) is 0 Å². The second-order valence-corrected chi connectivity index (χ2v) is 4.49. The first kappa shape index (κ1) is 16.1. The molecule has 0 aliphatic rings. The molecule has 0 saturated carbocycles. The number of rotatable bonds is 9. The second-order valence-electron chi connectivity index (χ2n) is 4.49. The first-order valence-corrected chi connectivity index (χ1v) is 6.89. The van der Waals surface area contributed by atoms with Crippen molar-refractivity contribution in [2.45, 2.75) is 32.6 Å². The Kier molecular flexibility index (Phi) is 7.25. The minimum atomic E-state index is -0.970. The third kappa shape index (κ3) is 5.78. The third-order valence-corrected chi connectivity index (χ3v) is 2.86. The summed E-state index contributed by atoms with van der Waals surface area (Å²) in [5.74, 6) is 0.340. The molecule has 4 nitrogen and oxygen atoms in total. The van der Waals surface area contributed by atoms with Crippen molar-refractivity contribution < 1.29 is 19.4 Å². The number of carbonyl (C=O) groups is 1. The quantitative estimate of drug-likeness (QED) is 0.552. The first-order valence-electron chi connectivity index (χ1n) is 6.89. The molecule has 0 saturated heterocycles. The largest absolute Gasteiger partial charge is 0.493 e. The highest BCUT2D eigenvalue weighted by Crippen LogP contribution is 2.28. The summed E-state index contributed by atoms with van der Waals surface area (Å²) in [5.41, 5.74) is 0.775. The molecule has 1 N–H and O–H groups in total. The monoisotopic (exact) mass is 278 g/mol. The lowest BCUT2D eigenvalue weighted by Gasteiger charge is -2.11. The van der Waals surface area contributed by atoms with E-state index >= 15 is 0 Å². The van der Waals surface area contributed by atoms with Crippen molar-refractivity contribution in [2.24, 2.45) is 0 Å². The van der Waals surface area contributed by atoms with E-state index in [2.05, 4.69) is 6.92 Å². The molecule has 0 aliphatic carbocycles. The van der Waals surface area contributed by atoms with E-state index in [-0.39, 0.29) is 0 Å². The van der Waals surface area contributed by atoms with Gasteiger partial charge in [-0.05, 0) is 30.2 Å². The van der Waals surface area contributed by atoms with Crippen LogP contribution in [-0.4, -0.2) is 24.8 Å². The molecule has 0 aromatic heterocycles. The van der Waals surface area contributed by atoms with Gasteiger partial charge in [-0.2, -0.15) is 0 Å². The van der Waals surface area contributed by atoms with Crippen molar-refractivity contribution in [3.05, 3.63) is 29.8 Å². The van der Waals surface area contributed by atoms with Crippen LogP contribution in [0.3, 0.4) is 0 Å². The summed E-state index contributed by atoms with van der Waals surface area (Å²) in [4.78, 5) is 10.5. The molecule has 1 aromatic carbocycles. The molecule has 1 rings (SSSR count). The number of hydrogen-bond acceptors (Lipinski definition) is 3. The first-order chi connectivity index (χ1) is 9.67. The minimum Gasteiger partial charge on any atom is -0.493 e. The van der Waals surface area contributed by atoms with Crippen LogP contribution >= 0.6 is 0 Å². The van der Waals surface area contributed by atoms with Crippen molar-refractivity contribution in [3.8, 4) is 11.5 Å². The zero-order valence-corrected chi connectivity index (χ0v) is 12.1. The molecule has 1 aromatic rings. The number of benzene rings is 1. The third-order valence-electron chi connectivity index (χ3n) is 2.86. The minimum absolute atomic E-state index is 0.641. The molecule has 0 unspecified atom stereocenters. The van der Waals surface area contributed by atoms with Gasteiger partial charge >= 0.3 is 5.97 Å². The van der Waals surface area contributed by atoms with Crippen LogP contribution in [0.25, 0.3) is 6.08 Å². The zero-order valence-electron chi connectivity index (χ0n) is 12.1. The van der Waals surface area contributed by atoms with Crippen LogP contribution in [0.5, 0.6) is 11.5 Å². The summed E-state index contributed by atoms with van der Waals surface area (Å²) in [5, 5.41) is 8.63. The van der Waals surface area contributed by atoms with Gasteiger partial charge in [-0.3, -0.25) is 0 Å². The average molecular weight is 278 g/mol. The van der Waals surface area contributed by atoms with Gasteiger partial charge in [0.15, 0.2) is 11.5 Å². The Bertz CT molecular complexity index is 452. The number of ether oxygens (including phenoxy) is 2.